The van der Waals surface area contributed by atoms with Crippen LogP contribution in [0.3, 0.4) is 0 Å². The van der Waals surface area contributed by atoms with Crippen LogP contribution in [0.4, 0.5) is 5.69 Å². The van der Waals surface area contributed by atoms with E-state index in [9.17, 15) is 9.59 Å². The standard InChI is InChI=1S/C30H32N4O5S/c1-33-26-18-23(39-27-6-4-3-5-25(27)34-13-15-37-16-14-34)11-12-24(26)32-29(33)19-38-22-9-7-21(8-10-22)17-28(40-2)30(36)31-20-35/h3-12,18,20,28H,13-17,19H2,1-2H3,(H,31,35,36). The number of carbonyl (C=O) groups is 2. The van der Waals surface area contributed by atoms with Gasteiger partial charge in [-0.3, -0.25) is 14.9 Å². The van der Waals surface area contributed by atoms with E-state index < -0.39 is 0 Å². The molecule has 10 heteroatoms. The van der Waals surface area contributed by atoms with Crippen molar-refractivity contribution in [2.45, 2.75) is 18.3 Å². The lowest BCUT2D eigenvalue weighted by Gasteiger charge is -2.30. The van der Waals surface area contributed by atoms with Crippen molar-refractivity contribution in [1.82, 2.24) is 14.9 Å². The molecular formula is C30H32N4O5S. The topological polar surface area (TPSA) is 94.9 Å². The second kappa shape index (κ2) is 12.9. The fourth-order valence-corrected chi connectivity index (χ4v) is 5.31. The third kappa shape index (κ3) is 6.40. The molecule has 0 radical (unpaired) electrons. The highest BCUT2D eigenvalue weighted by Gasteiger charge is 2.18. The third-order valence-corrected chi connectivity index (χ3v) is 7.83. The molecule has 3 aromatic carbocycles. The summed E-state index contributed by atoms with van der Waals surface area (Å²) in [5, 5.41) is 1.89. The van der Waals surface area contributed by atoms with Crippen LogP contribution in [-0.2, 0) is 34.4 Å². The Morgan fingerprint density at radius 1 is 1.10 bits per heavy atom. The first kappa shape index (κ1) is 27.5. The molecular weight excluding hydrogens is 528 g/mol. The fourth-order valence-electron chi connectivity index (χ4n) is 4.67. The van der Waals surface area contributed by atoms with Crippen LogP contribution >= 0.6 is 11.8 Å². The largest absolute Gasteiger partial charge is 0.486 e. The second-order valence-electron chi connectivity index (χ2n) is 9.39. The van der Waals surface area contributed by atoms with Gasteiger partial charge in [-0.25, -0.2) is 4.98 Å². The molecule has 0 saturated carbocycles. The maximum absolute atomic E-state index is 12.0. The number of carbonyl (C=O) groups excluding carboxylic acids is 2. The van der Waals surface area contributed by atoms with Crippen LogP contribution in [0.2, 0.25) is 0 Å². The van der Waals surface area contributed by atoms with Crippen molar-refractivity contribution in [3.05, 3.63) is 78.1 Å². The van der Waals surface area contributed by atoms with Gasteiger partial charge in [0.25, 0.3) is 0 Å². The first-order valence-corrected chi connectivity index (χ1v) is 14.4. The minimum Gasteiger partial charge on any atom is -0.486 e. The smallest absolute Gasteiger partial charge is 0.239 e. The molecule has 1 aromatic heterocycles. The SMILES string of the molecule is CSC(Cc1ccc(OCc2nc3ccc(Oc4ccccc4N4CCOCC4)cc3n2C)cc1)C(=O)NC=O. The highest BCUT2D eigenvalue weighted by molar-refractivity contribution is 7.99. The monoisotopic (exact) mass is 560 g/mol. The molecule has 1 atom stereocenters. The molecule has 208 valence electrons. The molecule has 9 nitrogen and oxygen atoms in total. The Labute approximate surface area is 237 Å². The molecule has 1 N–H and O–H groups in total. The van der Waals surface area contributed by atoms with Gasteiger partial charge in [0.2, 0.25) is 12.3 Å². The number of imide groups is 1. The lowest BCUT2D eigenvalue weighted by molar-refractivity contribution is -0.124. The number of benzene rings is 3. The number of aryl methyl sites for hydroxylation is 1. The predicted molar refractivity (Wildman–Crippen MR) is 156 cm³/mol. The highest BCUT2D eigenvalue weighted by Crippen LogP contribution is 2.34. The molecule has 1 aliphatic rings. The quantitative estimate of drug-likeness (QED) is 0.271. The van der Waals surface area contributed by atoms with E-state index in [-0.39, 0.29) is 11.2 Å². The number of amides is 2. The van der Waals surface area contributed by atoms with Crippen LogP contribution in [0.1, 0.15) is 11.4 Å². The van der Waals surface area contributed by atoms with Gasteiger partial charge >= 0.3 is 0 Å². The Hall–Kier alpha value is -4.02. The van der Waals surface area contributed by atoms with E-state index in [0.29, 0.717) is 38.4 Å². The number of hydrogen-bond acceptors (Lipinski definition) is 8. The van der Waals surface area contributed by atoms with E-state index in [0.717, 1.165) is 52.7 Å². The van der Waals surface area contributed by atoms with Gasteiger partial charge in [-0.2, -0.15) is 11.8 Å². The molecule has 0 bridgehead atoms. The average molecular weight is 561 g/mol. The second-order valence-corrected chi connectivity index (χ2v) is 10.4. The summed E-state index contributed by atoms with van der Waals surface area (Å²) in [7, 11) is 1.97. The minimum absolute atomic E-state index is 0.292. The van der Waals surface area contributed by atoms with Crippen molar-refractivity contribution in [3.63, 3.8) is 0 Å². The summed E-state index contributed by atoms with van der Waals surface area (Å²) < 4.78 is 19.9. The van der Waals surface area contributed by atoms with Crippen molar-refractivity contribution in [1.29, 1.82) is 0 Å². The first-order chi connectivity index (χ1) is 19.6. The van der Waals surface area contributed by atoms with Crippen molar-refractivity contribution >= 4 is 40.8 Å². The average Bonchev–Trinajstić information content (AvgIpc) is 3.30. The van der Waals surface area contributed by atoms with Crippen LogP contribution in [0, 0.1) is 0 Å². The summed E-state index contributed by atoms with van der Waals surface area (Å²) in [4.78, 5) is 29.6. The zero-order valence-corrected chi connectivity index (χ0v) is 23.4. The van der Waals surface area contributed by atoms with E-state index in [4.69, 9.17) is 19.2 Å². The molecule has 1 saturated heterocycles. The Morgan fingerprint density at radius 3 is 2.60 bits per heavy atom. The van der Waals surface area contributed by atoms with E-state index in [2.05, 4.69) is 16.3 Å². The van der Waals surface area contributed by atoms with E-state index >= 15 is 0 Å². The number of nitrogens with zero attached hydrogens (tertiary/aromatic N) is 3. The maximum Gasteiger partial charge on any atom is 0.239 e. The fraction of sp³-hybridized carbons (Fsp3) is 0.300. The van der Waals surface area contributed by atoms with Crippen molar-refractivity contribution < 1.29 is 23.8 Å². The molecule has 0 aliphatic carbocycles. The summed E-state index contributed by atoms with van der Waals surface area (Å²) in [6.45, 7) is 3.40. The van der Waals surface area contributed by atoms with Crippen LogP contribution in [0.25, 0.3) is 11.0 Å². The summed E-state index contributed by atoms with van der Waals surface area (Å²) in [5.41, 5.74) is 3.86. The lowest BCUT2D eigenvalue weighted by Crippen LogP contribution is -2.36. The Bertz CT molecular complexity index is 1470. The van der Waals surface area contributed by atoms with Gasteiger partial charge in [-0.15, -0.1) is 0 Å². The third-order valence-electron chi connectivity index (χ3n) is 6.88. The summed E-state index contributed by atoms with van der Waals surface area (Å²) in [6.07, 6.45) is 2.79. The number of morpholine rings is 1. The molecule has 2 amide bonds. The number of rotatable bonds is 11. The summed E-state index contributed by atoms with van der Waals surface area (Å²) >= 11 is 1.41. The van der Waals surface area contributed by atoms with Crippen molar-refractivity contribution in [3.8, 4) is 17.2 Å². The van der Waals surface area contributed by atoms with Crippen molar-refractivity contribution in [2.75, 3.05) is 37.5 Å². The van der Waals surface area contributed by atoms with Gasteiger partial charge in [-0.1, -0.05) is 24.3 Å². The Morgan fingerprint density at radius 2 is 1.85 bits per heavy atom. The number of hydrogen-bond donors (Lipinski definition) is 1. The molecule has 4 aromatic rings. The molecule has 40 heavy (non-hydrogen) atoms. The Balaban J connectivity index is 1.25. The van der Waals surface area contributed by atoms with Crippen LogP contribution in [-0.4, -0.2) is 59.7 Å². The number of thioether (sulfide) groups is 1. The molecule has 0 spiro atoms. The maximum atomic E-state index is 12.0. The molecule has 1 unspecified atom stereocenters. The zero-order chi connectivity index (χ0) is 27.9. The number of para-hydroxylation sites is 2. The van der Waals surface area contributed by atoms with Crippen LogP contribution < -0.4 is 19.7 Å². The van der Waals surface area contributed by atoms with Gasteiger partial charge in [0.1, 0.15) is 23.9 Å². The number of imidazole rings is 1. The lowest BCUT2D eigenvalue weighted by atomic mass is 10.1. The van der Waals surface area contributed by atoms with Crippen LogP contribution in [0.5, 0.6) is 17.2 Å². The van der Waals surface area contributed by atoms with Crippen LogP contribution in [0.15, 0.2) is 66.7 Å². The van der Waals surface area contributed by atoms with Gasteiger partial charge in [-0.05, 0) is 54.6 Å². The number of fused-ring (bicyclic) bond motifs is 1. The first-order valence-electron chi connectivity index (χ1n) is 13.1. The van der Waals surface area contributed by atoms with Gasteiger partial charge in [0.15, 0.2) is 5.75 Å². The number of aromatic nitrogens is 2. The number of anilines is 1. The number of nitrogens with one attached hydrogen (secondary N) is 1. The minimum atomic E-state index is -0.335. The van der Waals surface area contributed by atoms with E-state index in [1.54, 1.807) is 0 Å². The Kier molecular flexibility index (Phi) is 8.87. The highest BCUT2D eigenvalue weighted by atomic mass is 32.2. The van der Waals surface area contributed by atoms with Crippen molar-refractivity contribution in [2.24, 2.45) is 7.05 Å². The number of ether oxygens (including phenoxy) is 3. The van der Waals surface area contributed by atoms with E-state index in [1.165, 1.54) is 11.8 Å². The normalized spacial score (nSPS) is 14.1. The van der Waals surface area contributed by atoms with Gasteiger partial charge < -0.3 is 23.7 Å². The molecule has 1 aliphatic heterocycles. The van der Waals surface area contributed by atoms with Gasteiger partial charge in [0.05, 0.1) is 35.2 Å². The van der Waals surface area contributed by atoms with E-state index in [1.807, 2.05) is 78.5 Å². The predicted octanol–water partition coefficient (Wildman–Crippen LogP) is 4.33. The molecule has 5 rings (SSSR count). The zero-order valence-electron chi connectivity index (χ0n) is 22.5. The summed E-state index contributed by atoms with van der Waals surface area (Å²) in [5.74, 6) is 2.76. The molecule has 2 heterocycles. The van der Waals surface area contributed by atoms with Gasteiger partial charge in [0, 0.05) is 26.2 Å². The summed E-state index contributed by atoms with van der Waals surface area (Å²) in [6, 6.07) is 21.6. The molecule has 1 fully saturated rings.